The molecule has 2 aromatic carbocycles. The summed E-state index contributed by atoms with van der Waals surface area (Å²) in [6.45, 7) is 0. The number of carbonyl (C=O) groups is 1. The van der Waals surface area contributed by atoms with Crippen LogP contribution in [0.15, 0.2) is 72.5 Å². The Morgan fingerprint density at radius 3 is 2.27 bits per heavy atom. The minimum absolute atomic E-state index is 0.165. The van der Waals surface area contributed by atoms with E-state index in [1.165, 1.54) is 7.11 Å². The number of allylic oxidation sites excluding steroid dienone is 1. The lowest BCUT2D eigenvalue weighted by Crippen LogP contribution is -2.20. The molecule has 0 saturated heterocycles. The van der Waals surface area contributed by atoms with Crippen molar-refractivity contribution >= 4 is 5.97 Å². The van der Waals surface area contributed by atoms with E-state index in [2.05, 4.69) is 0 Å². The van der Waals surface area contributed by atoms with Crippen LogP contribution in [0.4, 0.5) is 0 Å². The molecule has 3 atom stereocenters. The van der Waals surface area contributed by atoms with Crippen LogP contribution in [0.3, 0.4) is 0 Å². The number of hydrogen-bond donors (Lipinski definition) is 0. The molecule has 0 spiro atoms. The number of ether oxygens (including phenoxy) is 2. The Bertz CT molecular complexity index is 697. The van der Waals surface area contributed by atoms with Crippen LogP contribution in [-0.2, 0) is 14.3 Å². The summed E-state index contributed by atoms with van der Waals surface area (Å²) < 4.78 is 19.2. The Morgan fingerprint density at radius 1 is 1.09 bits per heavy atom. The molecule has 0 amide bonds. The lowest BCUT2D eigenvalue weighted by Gasteiger charge is -2.29. The zero-order valence-corrected chi connectivity index (χ0v) is 12.3. The third-order valence-electron chi connectivity index (χ3n) is 3.67. The monoisotopic (exact) mass is 295 g/mol. The standard InChI is InChI=1S/C19H18O3/c1-21-19(20)18-13-16(14-8-4-2-5-9-14)12-17(22-18)15-10-6-3-7-11-15/h2-11,13,16-17H,12H2,1H3/t16-,17-/m0/s1/i12D/t12-,16+,17+/m1. The van der Waals surface area contributed by atoms with E-state index in [0.717, 1.165) is 11.1 Å². The molecule has 3 heteroatoms. The van der Waals surface area contributed by atoms with Crippen molar-refractivity contribution in [3.63, 3.8) is 0 Å². The zero-order chi connectivity index (χ0) is 16.2. The summed E-state index contributed by atoms with van der Waals surface area (Å²) in [6, 6.07) is 19.3. The second-order valence-electron chi connectivity index (χ2n) is 5.10. The molecule has 0 fully saturated rings. The highest BCUT2D eigenvalue weighted by atomic mass is 16.6. The van der Waals surface area contributed by atoms with Gasteiger partial charge in [-0.2, -0.15) is 0 Å². The van der Waals surface area contributed by atoms with E-state index in [-0.39, 0.29) is 11.7 Å². The van der Waals surface area contributed by atoms with Crippen LogP contribution in [-0.4, -0.2) is 13.1 Å². The molecule has 0 aliphatic carbocycles. The molecule has 1 aliphatic heterocycles. The maximum absolute atomic E-state index is 12.0. The van der Waals surface area contributed by atoms with Gasteiger partial charge in [0.1, 0.15) is 6.10 Å². The van der Waals surface area contributed by atoms with Gasteiger partial charge in [0.15, 0.2) is 0 Å². The summed E-state index contributed by atoms with van der Waals surface area (Å²) in [4.78, 5) is 12.0. The first-order chi connectivity index (χ1) is 11.2. The van der Waals surface area contributed by atoms with Crippen molar-refractivity contribution in [3.8, 4) is 0 Å². The number of hydrogen-bond acceptors (Lipinski definition) is 3. The predicted octanol–water partition coefficient (Wildman–Crippen LogP) is 3.99. The van der Waals surface area contributed by atoms with Crippen LogP contribution in [0, 0.1) is 0 Å². The van der Waals surface area contributed by atoms with Gasteiger partial charge in [0, 0.05) is 7.29 Å². The predicted molar refractivity (Wildman–Crippen MR) is 84.2 cm³/mol. The molecule has 1 heterocycles. The van der Waals surface area contributed by atoms with Gasteiger partial charge in [0.25, 0.3) is 0 Å². The summed E-state index contributed by atoms with van der Waals surface area (Å²) >= 11 is 0. The van der Waals surface area contributed by atoms with E-state index < -0.39 is 18.5 Å². The largest absolute Gasteiger partial charge is 0.479 e. The van der Waals surface area contributed by atoms with Gasteiger partial charge in [-0.05, 0) is 23.6 Å². The summed E-state index contributed by atoms with van der Waals surface area (Å²) in [6.07, 6.45) is 0.631. The van der Waals surface area contributed by atoms with E-state index in [4.69, 9.17) is 10.8 Å². The van der Waals surface area contributed by atoms with Crippen LogP contribution in [0.1, 0.15) is 30.9 Å². The van der Waals surface area contributed by atoms with Gasteiger partial charge < -0.3 is 9.47 Å². The second-order valence-corrected chi connectivity index (χ2v) is 5.10. The average molecular weight is 295 g/mol. The topological polar surface area (TPSA) is 35.5 Å². The van der Waals surface area contributed by atoms with Crippen molar-refractivity contribution in [3.05, 3.63) is 83.6 Å². The van der Waals surface area contributed by atoms with E-state index >= 15 is 0 Å². The Balaban J connectivity index is 2.02. The average Bonchev–Trinajstić information content (AvgIpc) is 2.62. The third kappa shape index (κ3) is 3.03. The molecule has 2 aromatic rings. The van der Waals surface area contributed by atoms with Gasteiger partial charge in [0.2, 0.25) is 5.76 Å². The van der Waals surface area contributed by atoms with Crippen molar-refractivity contribution in [1.29, 1.82) is 0 Å². The molecular weight excluding hydrogens is 276 g/mol. The minimum atomic E-state index is -0.548. The van der Waals surface area contributed by atoms with Crippen molar-refractivity contribution in [1.82, 2.24) is 0 Å². The minimum Gasteiger partial charge on any atom is -0.479 e. The molecule has 1 aliphatic rings. The number of carbonyl (C=O) groups excluding carboxylic acids is 1. The lowest BCUT2D eigenvalue weighted by atomic mass is 9.88. The first kappa shape index (κ1) is 13.1. The smallest absolute Gasteiger partial charge is 0.373 e. The third-order valence-corrected chi connectivity index (χ3v) is 3.67. The number of benzene rings is 2. The summed E-state index contributed by atoms with van der Waals surface area (Å²) in [7, 11) is 1.33. The highest BCUT2D eigenvalue weighted by molar-refractivity contribution is 5.86. The number of methoxy groups -OCH3 is 1. The van der Waals surface area contributed by atoms with Gasteiger partial charge in [-0.1, -0.05) is 60.7 Å². The molecule has 0 bridgehead atoms. The molecule has 0 aromatic heterocycles. The molecule has 0 saturated carbocycles. The number of esters is 1. The van der Waals surface area contributed by atoms with Crippen LogP contribution in [0.2, 0.25) is 0 Å². The van der Waals surface area contributed by atoms with Crippen LogP contribution in [0.25, 0.3) is 0 Å². The van der Waals surface area contributed by atoms with Crippen LogP contribution >= 0.6 is 0 Å². The molecular formula is C19H18O3. The SMILES string of the molecule is [2H][C@H]1[C@@H](c2ccccc2)OC(C(=O)OC)=C[C@H]1c1ccccc1. The summed E-state index contributed by atoms with van der Waals surface area (Å²) in [5.41, 5.74) is 1.86. The first-order valence-electron chi connectivity index (χ1n) is 7.77. The van der Waals surface area contributed by atoms with Gasteiger partial charge in [-0.25, -0.2) is 4.79 Å². The maximum atomic E-state index is 12.0. The molecule has 22 heavy (non-hydrogen) atoms. The van der Waals surface area contributed by atoms with Crippen molar-refractivity contribution in [2.75, 3.05) is 7.11 Å². The van der Waals surface area contributed by atoms with E-state index in [9.17, 15) is 4.79 Å². The number of rotatable bonds is 3. The lowest BCUT2D eigenvalue weighted by molar-refractivity contribution is -0.142. The first-order valence-corrected chi connectivity index (χ1v) is 7.19. The maximum Gasteiger partial charge on any atom is 0.373 e. The fraction of sp³-hybridized carbons (Fsp3) is 0.211. The van der Waals surface area contributed by atoms with E-state index in [1.807, 2.05) is 60.7 Å². The summed E-state index contributed by atoms with van der Waals surface area (Å²) in [5, 5.41) is 0. The van der Waals surface area contributed by atoms with E-state index in [1.54, 1.807) is 6.08 Å². The Kier molecular flexibility index (Phi) is 3.87. The van der Waals surface area contributed by atoms with Gasteiger partial charge in [-0.3, -0.25) is 0 Å². The molecule has 3 nitrogen and oxygen atoms in total. The fourth-order valence-corrected chi connectivity index (χ4v) is 2.54. The quantitative estimate of drug-likeness (QED) is 0.803. The normalized spacial score (nSPS) is 24.7. The zero-order valence-electron chi connectivity index (χ0n) is 13.3. The Morgan fingerprint density at radius 2 is 1.68 bits per heavy atom. The molecule has 0 radical (unpaired) electrons. The van der Waals surface area contributed by atoms with Crippen molar-refractivity contribution in [2.45, 2.75) is 18.4 Å². The van der Waals surface area contributed by atoms with Crippen LogP contribution < -0.4 is 0 Å². The highest BCUT2D eigenvalue weighted by Gasteiger charge is 2.29. The van der Waals surface area contributed by atoms with Gasteiger partial charge in [-0.15, -0.1) is 0 Å². The molecule has 112 valence electrons. The summed E-state index contributed by atoms with van der Waals surface area (Å²) in [5.74, 6) is -0.582. The van der Waals surface area contributed by atoms with Crippen LogP contribution in [0.5, 0.6) is 0 Å². The van der Waals surface area contributed by atoms with Gasteiger partial charge >= 0.3 is 5.97 Å². The Labute approximate surface area is 131 Å². The van der Waals surface area contributed by atoms with Crippen molar-refractivity contribution < 1.29 is 15.6 Å². The molecule has 0 unspecified atom stereocenters. The molecule has 0 N–H and O–H groups in total. The fourth-order valence-electron chi connectivity index (χ4n) is 2.54. The Hall–Kier alpha value is -2.55. The highest BCUT2D eigenvalue weighted by Crippen LogP contribution is 2.38. The second kappa shape index (κ2) is 6.48. The molecule has 3 rings (SSSR count). The van der Waals surface area contributed by atoms with Crippen molar-refractivity contribution in [2.24, 2.45) is 0 Å². The van der Waals surface area contributed by atoms with Gasteiger partial charge in [0.05, 0.1) is 7.11 Å². The van der Waals surface area contributed by atoms with E-state index in [0.29, 0.717) is 0 Å².